The summed E-state index contributed by atoms with van der Waals surface area (Å²) in [7, 11) is 0. The third kappa shape index (κ3) is 3.72. The fraction of sp³-hybridized carbons (Fsp3) is 0.556. The normalized spacial score (nSPS) is 19.4. The molecule has 0 atom stereocenters. The zero-order chi connectivity index (χ0) is 16.2. The van der Waals surface area contributed by atoms with Crippen LogP contribution in [-0.2, 0) is 16.0 Å². The van der Waals surface area contributed by atoms with Gasteiger partial charge in [-0.25, -0.2) is 0 Å². The number of anilines is 1. The van der Waals surface area contributed by atoms with Crippen molar-refractivity contribution in [3.05, 3.63) is 29.8 Å². The van der Waals surface area contributed by atoms with Gasteiger partial charge in [-0.15, -0.1) is 0 Å². The fourth-order valence-electron chi connectivity index (χ4n) is 3.36. The van der Waals surface area contributed by atoms with Crippen molar-refractivity contribution >= 4 is 17.5 Å². The smallest absolute Gasteiger partial charge is 0.227 e. The predicted octanol–water partition coefficient (Wildman–Crippen LogP) is 1.52. The van der Waals surface area contributed by atoms with Crippen molar-refractivity contribution in [3.63, 3.8) is 0 Å². The highest BCUT2D eigenvalue weighted by molar-refractivity contribution is 5.95. The summed E-state index contributed by atoms with van der Waals surface area (Å²) < 4.78 is 0. The second kappa shape index (κ2) is 7.13. The van der Waals surface area contributed by atoms with Crippen molar-refractivity contribution < 1.29 is 9.59 Å². The van der Waals surface area contributed by atoms with E-state index < -0.39 is 0 Å². The Balaban J connectivity index is 1.61. The number of rotatable bonds is 4. The van der Waals surface area contributed by atoms with E-state index in [9.17, 15) is 9.59 Å². The molecule has 2 aliphatic rings. The molecule has 2 fully saturated rings. The Labute approximate surface area is 137 Å². The molecular formula is C18H25N3O2. The lowest BCUT2D eigenvalue weighted by molar-refractivity contribution is -0.132. The predicted molar refractivity (Wildman–Crippen MR) is 90.4 cm³/mol. The molecule has 1 aromatic rings. The van der Waals surface area contributed by atoms with Crippen LogP contribution in [0.15, 0.2) is 24.3 Å². The first kappa shape index (κ1) is 16.0. The van der Waals surface area contributed by atoms with Crippen molar-refractivity contribution in [1.29, 1.82) is 0 Å². The maximum atomic E-state index is 12.5. The monoisotopic (exact) mass is 315 g/mol. The number of nitrogens with zero attached hydrogens (tertiary/aromatic N) is 3. The summed E-state index contributed by atoms with van der Waals surface area (Å²) in [5.74, 6) is 0.370. The maximum absolute atomic E-state index is 12.5. The molecule has 0 spiro atoms. The summed E-state index contributed by atoms with van der Waals surface area (Å²) in [5, 5.41) is 0. The van der Waals surface area contributed by atoms with E-state index in [4.69, 9.17) is 0 Å². The van der Waals surface area contributed by atoms with Crippen LogP contribution in [0.1, 0.15) is 25.3 Å². The van der Waals surface area contributed by atoms with Crippen molar-refractivity contribution in [2.75, 3.05) is 44.2 Å². The molecule has 0 unspecified atom stereocenters. The van der Waals surface area contributed by atoms with Gasteiger partial charge in [-0.05, 0) is 30.7 Å². The molecule has 0 aromatic heterocycles. The van der Waals surface area contributed by atoms with Crippen LogP contribution >= 0.6 is 0 Å². The summed E-state index contributed by atoms with van der Waals surface area (Å²) in [6, 6.07) is 7.86. The number of carbonyl (C=O) groups excluding carboxylic acids is 2. The van der Waals surface area contributed by atoms with Crippen LogP contribution in [0.4, 0.5) is 5.69 Å². The first-order valence-corrected chi connectivity index (χ1v) is 8.57. The summed E-state index contributed by atoms with van der Waals surface area (Å²) in [6.45, 7) is 7.55. The van der Waals surface area contributed by atoms with E-state index in [0.29, 0.717) is 12.8 Å². The van der Waals surface area contributed by atoms with Gasteiger partial charge in [0.25, 0.3) is 0 Å². The van der Waals surface area contributed by atoms with Crippen LogP contribution in [-0.4, -0.2) is 60.9 Å². The Morgan fingerprint density at radius 3 is 2.57 bits per heavy atom. The Kier molecular flexibility index (Phi) is 4.96. The number of carbonyl (C=O) groups is 2. The molecule has 1 aromatic carbocycles. The molecule has 2 heterocycles. The van der Waals surface area contributed by atoms with Crippen molar-refractivity contribution in [2.24, 2.45) is 0 Å². The van der Waals surface area contributed by atoms with E-state index in [1.165, 1.54) is 0 Å². The molecule has 2 saturated heterocycles. The average molecular weight is 315 g/mol. The minimum atomic E-state index is 0.184. The molecule has 0 radical (unpaired) electrons. The number of hydrogen-bond acceptors (Lipinski definition) is 3. The van der Waals surface area contributed by atoms with E-state index in [0.717, 1.165) is 56.9 Å². The number of piperazine rings is 1. The highest BCUT2D eigenvalue weighted by atomic mass is 16.2. The molecule has 0 N–H and O–H groups in total. The Hall–Kier alpha value is -1.88. The van der Waals surface area contributed by atoms with Crippen molar-refractivity contribution in [2.45, 2.75) is 26.2 Å². The molecule has 5 heteroatoms. The quantitative estimate of drug-likeness (QED) is 0.846. The molecule has 124 valence electrons. The van der Waals surface area contributed by atoms with Crippen LogP contribution in [0.2, 0.25) is 0 Å². The second-order valence-electron chi connectivity index (χ2n) is 6.31. The standard InChI is InChI=1S/C18H25N3O2/c1-2-19-9-11-20(12-10-19)18(23)14-15-5-3-6-16(13-15)21-8-4-7-17(21)22/h3,5-6,13H,2,4,7-12,14H2,1H3. The molecule has 0 bridgehead atoms. The van der Waals surface area contributed by atoms with Gasteiger partial charge in [0.05, 0.1) is 6.42 Å². The van der Waals surface area contributed by atoms with Crippen molar-refractivity contribution in [1.82, 2.24) is 9.80 Å². The zero-order valence-corrected chi connectivity index (χ0v) is 13.8. The molecule has 2 amide bonds. The number of benzene rings is 1. The highest BCUT2D eigenvalue weighted by Crippen LogP contribution is 2.22. The Bertz CT molecular complexity index is 579. The number of amides is 2. The van der Waals surface area contributed by atoms with Crippen LogP contribution in [0.5, 0.6) is 0 Å². The lowest BCUT2D eigenvalue weighted by Crippen LogP contribution is -2.48. The third-order valence-corrected chi connectivity index (χ3v) is 4.82. The molecule has 5 nitrogen and oxygen atoms in total. The summed E-state index contributed by atoms with van der Waals surface area (Å²) in [4.78, 5) is 30.5. The van der Waals surface area contributed by atoms with Crippen LogP contribution in [0, 0.1) is 0 Å². The summed E-state index contributed by atoms with van der Waals surface area (Å²) in [6.07, 6.45) is 1.97. The third-order valence-electron chi connectivity index (χ3n) is 4.82. The topological polar surface area (TPSA) is 43.9 Å². The van der Waals surface area contributed by atoms with E-state index >= 15 is 0 Å². The number of likely N-dealkylation sites (N-methyl/N-ethyl adjacent to an activating group) is 1. The fourth-order valence-corrected chi connectivity index (χ4v) is 3.36. The summed E-state index contributed by atoms with van der Waals surface area (Å²) >= 11 is 0. The maximum Gasteiger partial charge on any atom is 0.227 e. The van der Waals surface area contributed by atoms with Gasteiger partial charge in [0.15, 0.2) is 0 Å². The molecule has 0 saturated carbocycles. The molecule has 23 heavy (non-hydrogen) atoms. The minimum Gasteiger partial charge on any atom is -0.340 e. The largest absolute Gasteiger partial charge is 0.340 e. The van der Waals surface area contributed by atoms with Gasteiger partial charge in [0.1, 0.15) is 0 Å². The highest BCUT2D eigenvalue weighted by Gasteiger charge is 2.23. The van der Waals surface area contributed by atoms with Crippen LogP contribution < -0.4 is 4.90 Å². The van der Waals surface area contributed by atoms with E-state index in [1.54, 1.807) is 0 Å². The van der Waals surface area contributed by atoms with Gasteiger partial charge in [-0.1, -0.05) is 19.1 Å². The van der Waals surface area contributed by atoms with Gasteiger partial charge in [0, 0.05) is 44.8 Å². The second-order valence-corrected chi connectivity index (χ2v) is 6.31. The average Bonchev–Trinajstić information content (AvgIpc) is 3.01. The first-order chi connectivity index (χ1) is 11.2. The first-order valence-electron chi connectivity index (χ1n) is 8.57. The number of hydrogen-bond donors (Lipinski definition) is 0. The molecule has 3 rings (SSSR count). The van der Waals surface area contributed by atoms with Gasteiger partial charge in [0.2, 0.25) is 11.8 Å². The summed E-state index contributed by atoms with van der Waals surface area (Å²) in [5.41, 5.74) is 1.92. The van der Waals surface area contributed by atoms with Gasteiger partial charge in [-0.3, -0.25) is 9.59 Å². The van der Waals surface area contributed by atoms with Crippen LogP contribution in [0.3, 0.4) is 0 Å². The van der Waals surface area contributed by atoms with Gasteiger partial charge < -0.3 is 14.7 Å². The van der Waals surface area contributed by atoms with Gasteiger partial charge in [-0.2, -0.15) is 0 Å². The Morgan fingerprint density at radius 2 is 1.91 bits per heavy atom. The van der Waals surface area contributed by atoms with E-state index in [1.807, 2.05) is 34.1 Å². The van der Waals surface area contributed by atoms with E-state index in [2.05, 4.69) is 11.8 Å². The van der Waals surface area contributed by atoms with Gasteiger partial charge >= 0.3 is 0 Å². The molecular weight excluding hydrogens is 290 g/mol. The molecule has 0 aliphatic carbocycles. The lowest BCUT2D eigenvalue weighted by Gasteiger charge is -2.34. The molecule has 2 aliphatic heterocycles. The van der Waals surface area contributed by atoms with E-state index in [-0.39, 0.29) is 11.8 Å². The lowest BCUT2D eigenvalue weighted by atomic mass is 10.1. The van der Waals surface area contributed by atoms with Crippen LogP contribution in [0.25, 0.3) is 0 Å². The Morgan fingerprint density at radius 1 is 1.13 bits per heavy atom. The zero-order valence-electron chi connectivity index (χ0n) is 13.8. The SMILES string of the molecule is CCN1CCN(C(=O)Cc2cccc(N3CCCC3=O)c2)CC1. The van der Waals surface area contributed by atoms with Crippen molar-refractivity contribution in [3.8, 4) is 0 Å². The minimum absolute atomic E-state index is 0.184.